The molecule has 4 nitrogen and oxygen atoms in total. The summed E-state index contributed by atoms with van der Waals surface area (Å²) in [5.74, 6) is 2.87. The van der Waals surface area contributed by atoms with Crippen LogP contribution in [0, 0.1) is 11.5 Å². The van der Waals surface area contributed by atoms with E-state index >= 15 is 0 Å². The van der Waals surface area contributed by atoms with E-state index in [9.17, 15) is 9.59 Å². The first-order valence-electron chi connectivity index (χ1n) is 4.98. The summed E-state index contributed by atoms with van der Waals surface area (Å²) >= 11 is 0. The molecule has 0 aliphatic rings. The number of nitrogens with zero attached hydrogens (tertiary/aromatic N) is 2. The number of rotatable bonds is 0. The Bertz CT molecular complexity index is 694. The van der Waals surface area contributed by atoms with Crippen LogP contribution in [0.3, 0.4) is 0 Å². The number of fused-ring (bicyclic) bond motifs is 1. The lowest BCUT2D eigenvalue weighted by molar-refractivity contribution is 0.805. The summed E-state index contributed by atoms with van der Waals surface area (Å²) in [5.41, 5.74) is 2.85. The zero-order valence-electron chi connectivity index (χ0n) is 9.44. The van der Waals surface area contributed by atoms with Crippen molar-refractivity contribution in [1.82, 2.24) is 9.03 Å². The van der Waals surface area contributed by atoms with Gasteiger partial charge in [0.2, 0.25) is 0 Å². The Hall–Kier alpha value is -1.80. The molecule has 0 saturated heterocycles. The minimum absolute atomic E-state index is 0.314. The maximum Gasteiger partial charge on any atom is 0.290 e. The smallest absolute Gasteiger partial charge is 0.267 e. The molecule has 0 amide bonds. The van der Waals surface area contributed by atoms with Gasteiger partial charge in [-0.25, -0.2) is 0 Å². The van der Waals surface area contributed by atoms with Crippen molar-refractivity contribution >= 4 is 8.07 Å². The zero-order chi connectivity index (χ0) is 11.9. The van der Waals surface area contributed by atoms with Gasteiger partial charge in [-0.05, 0) is 0 Å². The highest BCUT2D eigenvalue weighted by Crippen LogP contribution is 1.98. The predicted octanol–water partition coefficient (Wildman–Crippen LogP) is 0.426. The van der Waals surface area contributed by atoms with Crippen LogP contribution >= 0.6 is 0 Å². The van der Waals surface area contributed by atoms with Crippen LogP contribution in [0.15, 0.2) is 28.0 Å². The van der Waals surface area contributed by atoms with E-state index in [1.54, 1.807) is 12.4 Å². The van der Waals surface area contributed by atoms with Gasteiger partial charge in [0.05, 0.1) is 0 Å². The van der Waals surface area contributed by atoms with Gasteiger partial charge in [-0.2, -0.15) is 4.52 Å². The first kappa shape index (κ1) is 10.7. The molecule has 0 spiro atoms. The molecule has 2 aromatic heterocycles. The van der Waals surface area contributed by atoms with Crippen molar-refractivity contribution in [2.45, 2.75) is 19.6 Å². The van der Waals surface area contributed by atoms with Crippen LogP contribution in [0.4, 0.5) is 0 Å². The minimum Gasteiger partial charge on any atom is -0.267 e. The highest BCUT2D eigenvalue weighted by Gasteiger charge is 2.10. The highest BCUT2D eigenvalue weighted by molar-refractivity contribution is 6.83. The fourth-order valence-electron chi connectivity index (χ4n) is 1.34. The molecule has 0 saturated carbocycles. The molecule has 0 aromatic carbocycles. The molecule has 5 heteroatoms. The largest absolute Gasteiger partial charge is 0.290 e. The van der Waals surface area contributed by atoms with E-state index in [0.29, 0.717) is 5.56 Å². The second-order valence-corrected chi connectivity index (χ2v) is 9.44. The molecule has 16 heavy (non-hydrogen) atoms. The van der Waals surface area contributed by atoms with Crippen molar-refractivity contribution in [2.24, 2.45) is 0 Å². The minimum atomic E-state index is -1.50. The lowest BCUT2D eigenvalue weighted by Crippen LogP contribution is -2.22. The predicted molar refractivity (Wildman–Crippen MR) is 64.8 cm³/mol. The Kier molecular flexibility index (Phi) is 2.24. The van der Waals surface area contributed by atoms with Crippen molar-refractivity contribution in [3.63, 3.8) is 0 Å². The molecule has 2 rings (SSSR count). The van der Waals surface area contributed by atoms with Crippen molar-refractivity contribution in [3.8, 4) is 11.5 Å². The van der Waals surface area contributed by atoms with Crippen molar-refractivity contribution in [2.75, 3.05) is 0 Å². The van der Waals surface area contributed by atoms with Gasteiger partial charge in [0, 0.05) is 18.5 Å². The maximum atomic E-state index is 11.8. The molecule has 2 aromatic rings. The van der Waals surface area contributed by atoms with Crippen molar-refractivity contribution < 1.29 is 0 Å². The molecular formula is C11H12N2O2Si. The summed E-state index contributed by atoms with van der Waals surface area (Å²) in [5, 5.41) is 0. The van der Waals surface area contributed by atoms with Gasteiger partial charge in [-0.3, -0.25) is 14.1 Å². The Balaban J connectivity index is 2.63. The number of hydrogen-bond acceptors (Lipinski definition) is 2. The number of hydrogen-bond donors (Lipinski definition) is 0. The third-order valence-corrected chi connectivity index (χ3v) is 2.94. The third-order valence-electron chi connectivity index (χ3n) is 2.07. The van der Waals surface area contributed by atoms with Gasteiger partial charge < -0.3 is 0 Å². The second kappa shape index (κ2) is 3.35. The van der Waals surface area contributed by atoms with E-state index < -0.39 is 8.07 Å². The molecule has 0 bridgehead atoms. The maximum absolute atomic E-state index is 11.8. The van der Waals surface area contributed by atoms with Crippen LogP contribution in [-0.2, 0) is 0 Å². The standard InChI is InChI=1S/C11H12N2O2Si/c1-16(2,3)7-5-9-8-12-6-4-10(14)13(12)11(9)15/h4,6,8H,1-3H3. The summed E-state index contributed by atoms with van der Waals surface area (Å²) in [6.45, 7) is 6.31. The van der Waals surface area contributed by atoms with Gasteiger partial charge in [0.25, 0.3) is 11.1 Å². The van der Waals surface area contributed by atoms with Gasteiger partial charge in [0.15, 0.2) is 0 Å². The molecule has 0 unspecified atom stereocenters. The van der Waals surface area contributed by atoms with Crippen molar-refractivity contribution in [1.29, 1.82) is 0 Å². The van der Waals surface area contributed by atoms with E-state index in [1.165, 1.54) is 10.6 Å². The van der Waals surface area contributed by atoms with Crippen LogP contribution in [0.1, 0.15) is 5.56 Å². The molecular weight excluding hydrogens is 220 g/mol. The van der Waals surface area contributed by atoms with Gasteiger partial charge in [-0.15, -0.1) is 5.54 Å². The third kappa shape index (κ3) is 1.79. The average molecular weight is 232 g/mol. The number of aromatic nitrogens is 2. The zero-order valence-corrected chi connectivity index (χ0v) is 10.4. The van der Waals surface area contributed by atoms with Gasteiger partial charge in [0.1, 0.15) is 13.6 Å². The summed E-state index contributed by atoms with van der Waals surface area (Å²) in [7, 11) is -1.50. The fourth-order valence-corrected chi connectivity index (χ4v) is 1.85. The summed E-state index contributed by atoms with van der Waals surface area (Å²) in [6, 6.07) is 1.36. The normalized spacial score (nSPS) is 11.4. The van der Waals surface area contributed by atoms with Gasteiger partial charge in [-0.1, -0.05) is 25.6 Å². The van der Waals surface area contributed by atoms with E-state index in [2.05, 4.69) is 31.1 Å². The monoisotopic (exact) mass is 232 g/mol. The van der Waals surface area contributed by atoms with Crippen LogP contribution in [0.2, 0.25) is 19.6 Å². The lowest BCUT2D eigenvalue weighted by Gasteiger charge is -2.02. The first-order chi connectivity index (χ1) is 7.38. The van der Waals surface area contributed by atoms with Crippen molar-refractivity contribution in [3.05, 3.63) is 44.7 Å². The lowest BCUT2D eigenvalue weighted by atomic mass is 10.4. The molecule has 82 valence electrons. The topological polar surface area (TPSA) is 43.0 Å². The van der Waals surface area contributed by atoms with Crippen LogP contribution in [-0.4, -0.2) is 17.1 Å². The van der Waals surface area contributed by atoms with E-state index in [1.807, 2.05) is 0 Å². The molecule has 0 aliphatic carbocycles. The molecule has 0 fully saturated rings. The first-order valence-corrected chi connectivity index (χ1v) is 8.48. The molecule has 0 radical (unpaired) electrons. The Labute approximate surface area is 93.5 Å². The molecule has 2 heterocycles. The Morgan fingerprint density at radius 3 is 2.50 bits per heavy atom. The van der Waals surface area contributed by atoms with E-state index in [4.69, 9.17) is 0 Å². The van der Waals surface area contributed by atoms with E-state index in [0.717, 1.165) is 4.52 Å². The molecule has 0 aliphatic heterocycles. The fraction of sp³-hybridized carbons (Fsp3) is 0.273. The van der Waals surface area contributed by atoms with E-state index in [-0.39, 0.29) is 11.1 Å². The average Bonchev–Trinajstić information content (AvgIpc) is 2.65. The van der Waals surface area contributed by atoms with Crippen LogP contribution in [0.25, 0.3) is 0 Å². The molecule has 0 N–H and O–H groups in total. The quantitative estimate of drug-likeness (QED) is 0.488. The van der Waals surface area contributed by atoms with Crippen LogP contribution < -0.4 is 11.1 Å². The SMILES string of the molecule is C[Si](C)(C)C#Cc1cn2ccc(=O)n2c1=O. The van der Waals surface area contributed by atoms with Gasteiger partial charge >= 0.3 is 0 Å². The Morgan fingerprint density at radius 2 is 1.94 bits per heavy atom. The summed E-state index contributed by atoms with van der Waals surface area (Å²) in [4.78, 5) is 23.1. The summed E-state index contributed by atoms with van der Waals surface area (Å²) < 4.78 is 2.55. The second-order valence-electron chi connectivity index (χ2n) is 4.69. The van der Waals surface area contributed by atoms with Crippen LogP contribution in [0.5, 0.6) is 0 Å². The highest BCUT2D eigenvalue weighted by atomic mass is 28.3. The summed E-state index contributed by atoms with van der Waals surface area (Å²) in [6.07, 6.45) is 3.15. The molecule has 0 atom stereocenters. The Morgan fingerprint density at radius 1 is 1.25 bits per heavy atom.